The Bertz CT molecular complexity index is 436. The van der Waals surface area contributed by atoms with Crippen LogP contribution in [0.3, 0.4) is 0 Å². The molecule has 0 radical (unpaired) electrons. The molecular formula is C26H42. The second-order valence-electron chi connectivity index (χ2n) is 9.39. The average Bonchev–Trinajstić information content (AvgIpc) is 2.72. The van der Waals surface area contributed by atoms with Crippen molar-refractivity contribution in [1.29, 1.82) is 0 Å². The van der Waals surface area contributed by atoms with Crippen molar-refractivity contribution in [3.8, 4) is 0 Å². The topological polar surface area (TPSA) is 0 Å². The Morgan fingerprint density at radius 3 is 1.23 bits per heavy atom. The summed E-state index contributed by atoms with van der Waals surface area (Å²) in [5, 5.41) is 0. The van der Waals surface area contributed by atoms with E-state index in [1.165, 1.54) is 89.9 Å². The Hall–Kier alpha value is -0.780. The lowest BCUT2D eigenvalue weighted by molar-refractivity contribution is 0.302. The third kappa shape index (κ3) is 5.61. The normalized spacial score (nSPS) is 29.6. The van der Waals surface area contributed by atoms with Gasteiger partial charge in [-0.25, -0.2) is 0 Å². The molecule has 0 nitrogen and oxygen atoms in total. The van der Waals surface area contributed by atoms with Crippen molar-refractivity contribution in [2.24, 2.45) is 11.8 Å². The fourth-order valence-electron chi connectivity index (χ4n) is 5.59. The van der Waals surface area contributed by atoms with Crippen LogP contribution in [-0.2, 0) is 0 Å². The molecule has 1 aromatic carbocycles. The van der Waals surface area contributed by atoms with E-state index in [0.717, 1.165) is 23.7 Å². The van der Waals surface area contributed by atoms with Crippen LogP contribution in [0.2, 0.25) is 0 Å². The fraction of sp³-hybridized carbons (Fsp3) is 0.769. The molecule has 0 unspecified atom stereocenters. The average molecular weight is 355 g/mol. The van der Waals surface area contributed by atoms with Gasteiger partial charge in [-0.05, 0) is 86.2 Å². The molecule has 2 saturated carbocycles. The molecule has 0 aromatic heterocycles. The predicted molar refractivity (Wildman–Crippen MR) is 115 cm³/mol. The van der Waals surface area contributed by atoms with Gasteiger partial charge in [-0.3, -0.25) is 0 Å². The Kier molecular flexibility index (Phi) is 8.08. The van der Waals surface area contributed by atoms with E-state index in [-0.39, 0.29) is 0 Å². The molecule has 1 aromatic rings. The minimum absolute atomic E-state index is 0.840. The van der Waals surface area contributed by atoms with Gasteiger partial charge in [0.2, 0.25) is 0 Å². The third-order valence-corrected chi connectivity index (χ3v) is 7.50. The Morgan fingerprint density at radius 2 is 0.923 bits per heavy atom. The summed E-state index contributed by atoms with van der Waals surface area (Å²) in [4.78, 5) is 0. The second-order valence-corrected chi connectivity index (χ2v) is 9.39. The zero-order valence-electron chi connectivity index (χ0n) is 17.5. The van der Waals surface area contributed by atoms with E-state index < -0.39 is 0 Å². The van der Waals surface area contributed by atoms with Crippen LogP contribution in [0, 0.1) is 11.8 Å². The minimum Gasteiger partial charge on any atom is -0.0654 e. The molecular weight excluding hydrogens is 312 g/mol. The van der Waals surface area contributed by atoms with Gasteiger partial charge in [0.05, 0.1) is 0 Å². The number of rotatable bonds is 8. The molecule has 0 saturated heterocycles. The van der Waals surface area contributed by atoms with Crippen LogP contribution in [0.4, 0.5) is 0 Å². The minimum atomic E-state index is 0.840. The van der Waals surface area contributed by atoms with Gasteiger partial charge in [0.25, 0.3) is 0 Å². The fourth-order valence-corrected chi connectivity index (χ4v) is 5.59. The van der Waals surface area contributed by atoms with E-state index in [0.29, 0.717) is 0 Å². The molecule has 0 heterocycles. The van der Waals surface area contributed by atoms with Crippen LogP contribution in [0.25, 0.3) is 0 Å². The van der Waals surface area contributed by atoms with Crippen LogP contribution in [0.1, 0.15) is 127 Å². The summed E-state index contributed by atoms with van der Waals surface area (Å²) < 4.78 is 0. The maximum atomic E-state index is 2.48. The van der Waals surface area contributed by atoms with Crippen molar-refractivity contribution in [2.75, 3.05) is 0 Å². The standard InChI is InChI=1S/C26H42/c1-3-5-7-21-9-13-23(14-10-21)25-17-19-26(20-18-25)24-15-11-22(12-16-24)8-6-4-2/h17-24H,3-16H2,1-2H3/t21-,22-,23-,24-. The number of hydrogen-bond acceptors (Lipinski definition) is 0. The SMILES string of the molecule is CCCC[C@H]1CC[C@H](c2ccc([C@H]3CC[C@H](CCCC)CC3)cc2)CC1. The predicted octanol–water partition coefficient (Wildman–Crippen LogP) is 8.61. The van der Waals surface area contributed by atoms with Gasteiger partial charge in [-0.15, -0.1) is 0 Å². The quantitative estimate of drug-likeness (QED) is 0.438. The van der Waals surface area contributed by atoms with Crippen molar-refractivity contribution < 1.29 is 0 Å². The zero-order chi connectivity index (χ0) is 18.2. The van der Waals surface area contributed by atoms with Crippen molar-refractivity contribution in [3.05, 3.63) is 35.4 Å². The largest absolute Gasteiger partial charge is 0.0654 e. The lowest BCUT2D eigenvalue weighted by Crippen LogP contribution is -2.14. The highest BCUT2D eigenvalue weighted by Crippen LogP contribution is 2.40. The summed E-state index contributed by atoms with van der Waals surface area (Å²) in [7, 11) is 0. The van der Waals surface area contributed by atoms with Gasteiger partial charge < -0.3 is 0 Å². The highest BCUT2D eigenvalue weighted by atomic mass is 14.3. The molecule has 0 heteroatoms. The van der Waals surface area contributed by atoms with E-state index in [9.17, 15) is 0 Å². The highest BCUT2D eigenvalue weighted by molar-refractivity contribution is 5.28. The van der Waals surface area contributed by atoms with Crippen molar-refractivity contribution >= 4 is 0 Å². The molecule has 146 valence electrons. The summed E-state index contributed by atoms with van der Waals surface area (Å²) in [5.74, 6) is 3.72. The number of unbranched alkanes of at least 4 members (excludes halogenated alkanes) is 2. The van der Waals surface area contributed by atoms with Crippen LogP contribution < -0.4 is 0 Å². The first-order valence-corrected chi connectivity index (χ1v) is 11.9. The van der Waals surface area contributed by atoms with Crippen molar-refractivity contribution in [3.63, 3.8) is 0 Å². The molecule has 2 aliphatic rings. The highest BCUT2D eigenvalue weighted by Gasteiger charge is 2.24. The van der Waals surface area contributed by atoms with Gasteiger partial charge in [-0.1, -0.05) is 76.6 Å². The maximum absolute atomic E-state index is 2.48. The summed E-state index contributed by atoms with van der Waals surface area (Å²) in [6.07, 6.45) is 20.1. The van der Waals surface area contributed by atoms with E-state index in [1.54, 1.807) is 11.1 Å². The second kappa shape index (κ2) is 10.5. The van der Waals surface area contributed by atoms with Crippen LogP contribution in [0.15, 0.2) is 24.3 Å². The monoisotopic (exact) mass is 354 g/mol. The van der Waals surface area contributed by atoms with Crippen molar-refractivity contribution in [1.82, 2.24) is 0 Å². The van der Waals surface area contributed by atoms with E-state index in [4.69, 9.17) is 0 Å². The summed E-state index contributed by atoms with van der Waals surface area (Å²) in [6.45, 7) is 4.65. The smallest absolute Gasteiger partial charge is 0.0162 e. The van der Waals surface area contributed by atoms with Crippen molar-refractivity contribution in [2.45, 2.75) is 116 Å². The Balaban J connectivity index is 1.46. The summed E-state index contributed by atoms with van der Waals surface area (Å²) in [5.41, 5.74) is 3.25. The molecule has 2 fully saturated rings. The summed E-state index contributed by atoms with van der Waals surface area (Å²) in [6, 6.07) is 9.93. The van der Waals surface area contributed by atoms with E-state index in [1.807, 2.05) is 0 Å². The third-order valence-electron chi connectivity index (χ3n) is 7.50. The first-order chi connectivity index (χ1) is 12.8. The maximum Gasteiger partial charge on any atom is -0.0162 e. The van der Waals surface area contributed by atoms with Crippen LogP contribution in [0.5, 0.6) is 0 Å². The zero-order valence-corrected chi connectivity index (χ0v) is 17.5. The van der Waals surface area contributed by atoms with Gasteiger partial charge in [0.15, 0.2) is 0 Å². The Morgan fingerprint density at radius 1 is 0.577 bits per heavy atom. The number of benzene rings is 1. The first-order valence-electron chi connectivity index (χ1n) is 11.9. The molecule has 26 heavy (non-hydrogen) atoms. The van der Waals surface area contributed by atoms with Gasteiger partial charge in [0.1, 0.15) is 0 Å². The molecule has 0 amide bonds. The van der Waals surface area contributed by atoms with Gasteiger partial charge in [0, 0.05) is 0 Å². The molecule has 3 rings (SSSR count). The number of hydrogen-bond donors (Lipinski definition) is 0. The molecule has 0 aliphatic heterocycles. The van der Waals surface area contributed by atoms with Crippen LogP contribution >= 0.6 is 0 Å². The Labute approximate surface area is 163 Å². The molecule has 0 N–H and O–H groups in total. The van der Waals surface area contributed by atoms with E-state index in [2.05, 4.69) is 38.1 Å². The lowest BCUT2D eigenvalue weighted by Gasteiger charge is -2.30. The molecule has 0 bridgehead atoms. The van der Waals surface area contributed by atoms with E-state index >= 15 is 0 Å². The molecule has 2 aliphatic carbocycles. The van der Waals surface area contributed by atoms with Crippen LogP contribution in [-0.4, -0.2) is 0 Å². The first kappa shape index (κ1) is 20.0. The molecule has 0 spiro atoms. The lowest BCUT2D eigenvalue weighted by atomic mass is 9.75. The van der Waals surface area contributed by atoms with Gasteiger partial charge in [-0.2, -0.15) is 0 Å². The summed E-state index contributed by atoms with van der Waals surface area (Å²) >= 11 is 0. The van der Waals surface area contributed by atoms with Gasteiger partial charge >= 0.3 is 0 Å². The molecule has 0 atom stereocenters.